The fraction of sp³-hybridized carbons (Fsp3) is 0.500. The first-order valence-corrected chi connectivity index (χ1v) is 4.80. The average Bonchev–Trinajstić information content (AvgIpc) is 2.06. The van der Waals surface area contributed by atoms with Crippen LogP contribution in [-0.4, -0.2) is 10.2 Å². The number of phenolic OH excluding ortho intramolecular Hbond substituents is 1. The standard InChI is InChI=1S/C12H18O2/c1-8-5-10(12(2,3)4)11(14)6-9(8)7-13/h5-6,13-14H,7H2,1-4H3. The summed E-state index contributed by atoms with van der Waals surface area (Å²) in [5.74, 6) is 0.271. The molecule has 78 valence electrons. The largest absolute Gasteiger partial charge is 0.508 e. The third-order valence-corrected chi connectivity index (χ3v) is 2.43. The molecule has 1 aromatic carbocycles. The second kappa shape index (κ2) is 3.62. The van der Waals surface area contributed by atoms with Crippen molar-refractivity contribution < 1.29 is 10.2 Å². The van der Waals surface area contributed by atoms with Crippen molar-refractivity contribution in [2.24, 2.45) is 0 Å². The SMILES string of the molecule is Cc1cc(C(C)(C)C)c(O)cc1CO. The molecule has 0 bridgehead atoms. The number of hydrogen-bond donors (Lipinski definition) is 2. The van der Waals surface area contributed by atoms with Gasteiger partial charge in [0, 0.05) is 0 Å². The van der Waals surface area contributed by atoms with Crippen molar-refractivity contribution >= 4 is 0 Å². The van der Waals surface area contributed by atoms with Crippen molar-refractivity contribution in [3.63, 3.8) is 0 Å². The van der Waals surface area contributed by atoms with Crippen molar-refractivity contribution in [1.29, 1.82) is 0 Å². The van der Waals surface area contributed by atoms with Crippen LogP contribution in [0.5, 0.6) is 5.75 Å². The lowest BCUT2D eigenvalue weighted by Crippen LogP contribution is -2.12. The minimum Gasteiger partial charge on any atom is -0.508 e. The number of aryl methyl sites for hydroxylation is 1. The van der Waals surface area contributed by atoms with Crippen molar-refractivity contribution in [3.8, 4) is 5.75 Å². The van der Waals surface area contributed by atoms with Crippen molar-refractivity contribution in [2.45, 2.75) is 39.7 Å². The quantitative estimate of drug-likeness (QED) is 0.721. The summed E-state index contributed by atoms with van der Waals surface area (Å²) in [5.41, 5.74) is 2.67. The molecule has 0 atom stereocenters. The molecule has 1 aromatic rings. The molecule has 2 heteroatoms. The van der Waals surface area contributed by atoms with Crippen LogP contribution in [0.3, 0.4) is 0 Å². The Morgan fingerprint density at radius 2 is 1.79 bits per heavy atom. The van der Waals surface area contributed by atoms with Gasteiger partial charge in [-0.25, -0.2) is 0 Å². The van der Waals surface area contributed by atoms with Gasteiger partial charge in [-0.05, 0) is 35.1 Å². The van der Waals surface area contributed by atoms with E-state index in [-0.39, 0.29) is 17.8 Å². The lowest BCUT2D eigenvalue weighted by Gasteiger charge is -2.21. The summed E-state index contributed by atoms with van der Waals surface area (Å²) < 4.78 is 0. The van der Waals surface area contributed by atoms with Gasteiger partial charge in [0.25, 0.3) is 0 Å². The zero-order valence-electron chi connectivity index (χ0n) is 9.26. The van der Waals surface area contributed by atoms with Crippen molar-refractivity contribution in [3.05, 3.63) is 28.8 Å². The zero-order valence-corrected chi connectivity index (χ0v) is 9.26. The fourth-order valence-corrected chi connectivity index (χ4v) is 1.51. The smallest absolute Gasteiger partial charge is 0.119 e. The predicted octanol–water partition coefficient (Wildman–Crippen LogP) is 2.49. The third kappa shape index (κ3) is 2.07. The molecule has 0 amide bonds. The van der Waals surface area contributed by atoms with E-state index in [1.165, 1.54) is 0 Å². The molecule has 0 unspecified atom stereocenters. The van der Waals surface area contributed by atoms with Crippen LogP contribution in [0.2, 0.25) is 0 Å². The van der Waals surface area contributed by atoms with Gasteiger partial charge in [-0.1, -0.05) is 26.8 Å². The minimum absolute atomic E-state index is 0.0240. The molecule has 2 nitrogen and oxygen atoms in total. The summed E-state index contributed by atoms with van der Waals surface area (Å²) in [6.07, 6.45) is 0. The molecule has 2 N–H and O–H groups in total. The highest BCUT2D eigenvalue weighted by Gasteiger charge is 2.19. The highest BCUT2D eigenvalue weighted by molar-refractivity contribution is 5.44. The second-order valence-electron chi connectivity index (χ2n) is 4.70. The molecule has 0 saturated heterocycles. The van der Waals surface area contributed by atoms with E-state index in [0.29, 0.717) is 0 Å². The third-order valence-electron chi connectivity index (χ3n) is 2.43. The number of phenols is 1. The van der Waals surface area contributed by atoms with Gasteiger partial charge in [0.2, 0.25) is 0 Å². The van der Waals surface area contributed by atoms with Crippen LogP contribution in [0.15, 0.2) is 12.1 Å². The summed E-state index contributed by atoms with van der Waals surface area (Å²) in [6.45, 7) is 8.09. The molecule has 14 heavy (non-hydrogen) atoms. The van der Waals surface area contributed by atoms with Gasteiger partial charge in [0.05, 0.1) is 6.61 Å². The van der Waals surface area contributed by atoms with Crippen LogP contribution in [0.25, 0.3) is 0 Å². The molecule has 0 fully saturated rings. The Morgan fingerprint density at radius 1 is 1.21 bits per heavy atom. The molecular weight excluding hydrogens is 176 g/mol. The number of hydrogen-bond acceptors (Lipinski definition) is 2. The van der Waals surface area contributed by atoms with E-state index in [2.05, 4.69) is 20.8 Å². The van der Waals surface area contributed by atoms with E-state index < -0.39 is 0 Å². The van der Waals surface area contributed by atoms with Gasteiger partial charge in [-0.3, -0.25) is 0 Å². The molecular formula is C12H18O2. The molecule has 1 rings (SSSR count). The van der Waals surface area contributed by atoms with Gasteiger partial charge < -0.3 is 10.2 Å². The molecule has 0 radical (unpaired) electrons. The summed E-state index contributed by atoms with van der Waals surface area (Å²) in [7, 11) is 0. The maximum absolute atomic E-state index is 9.77. The number of benzene rings is 1. The van der Waals surface area contributed by atoms with Crippen LogP contribution in [0, 0.1) is 6.92 Å². The summed E-state index contributed by atoms with van der Waals surface area (Å²) in [5, 5.41) is 18.8. The van der Waals surface area contributed by atoms with Gasteiger partial charge >= 0.3 is 0 Å². The van der Waals surface area contributed by atoms with Crippen LogP contribution >= 0.6 is 0 Å². The molecule has 0 aliphatic heterocycles. The summed E-state index contributed by atoms with van der Waals surface area (Å²) >= 11 is 0. The van der Waals surface area contributed by atoms with E-state index in [4.69, 9.17) is 5.11 Å². The molecule has 0 aromatic heterocycles. The molecule has 0 aliphatic rings. The predicted molar refractivity (Wildman–Crippen MR) is 57.5 cm³/mol. The van der Waals surface area contributed by atoms with Crippen LogP contribution in [0.4, 0.5) is 0 Å². The first-order chi connectivity index (χ1) is 6.36. The zero-order chi connectivity index (χ0) is 10.9. The molecule has 0 aliphatic carbocycles. The topological polar surface area (TPSA) is 40.5 Å². The van der Waals surface area contributed by atoms with Gasteiger partial charge in [-0.15, -0.1) is 0 Å². The number of aliphatic hydroxyl groups is 1. The van der Waals surface area contributed by atoms with E-state index in [1.807, 2.05) is 13.0 Å². The normalized spacial score (nSPS) is 11.8. The van der Waals surface area contributed by atoms with Crippen molar-refractivity contribution in [1.82, 2.24) is 0 Å². The van der Waals surface area contributed by atoms with E-state index in [1.54, 1.807) is 6.07 Å². The minimum atomic E-state index is -0.0666. The van der Waals surface area contributed by atoms with E-state index in [9.17, 15) is 5.11 Å². The van der Waals surface area contributed by atoms with Gasteiger partial charge in [0.1, 0.15) is 5.75 Å². The van der Waals surface area contributed by atoms with Crippen LogP contribution in [-0.2, 0) is 12.0 Å². The van der Waals surface area contributed by atoms with E-state index in [0.717, 1.165) is 16.7 Å². The Hall–Kier alpha value is -1.02. The second-order valence-corrected chi connectivity index (χ2v) is 4.70. The first-order valence-electron chi connectivity index (χ1n) is 4.80. The lowest BCUT2D eigenvalue weighted by molar-refractivity contribution is 0.280. The lowest BCUT2D eigenvalue weighted by atomic mass is 9.84. The van der Waals surface area contributed by atoms with E-state index >= 15 is 0 Å². The van der Waals surface area contributed by atoms with Gasteiger partial charge in [0.15, 0.2) is 0 Å². The summed E-state index contributed by atoms with van der Waals surface area (Å²) in [4.78, 5) is 0. The Kier molecular flexibility index (Phi) is 2.86. The highest BCUT2D eigenvalue weighted by Crippen LogP contribution is 2.32. The first kappa shape index (κ1) is 11.1. The molecule has 0 spiro atoms. The number of aromatic hydroxyl groups is 1. The number of rotatable bonds is 1. The average molecular weight is 194 g/mol. The highest BCUT2D eigenvalue weighted by atomic mass is 16.3. The fourth-order valence-electron chi connectivity index (χ4n) is 1.51. The molecule has 0 saturated carbocycles. The van der Waals surface area contributed by atoms with Crippen molar-refractivity contribution in [2.75, 3.05) is 0 Å². The maximum atomic E-state index is 9.77. The summed E-state index contributed by atoms with van der Waals surface area (Å²) in [6, 6.07) is 3.59. The van der Waals surface area contributed by atoms with Crippen LogP contribution in [0.1, 0.15) is 37.5 Å². The Labute approximate surface area is 85.2 Å². The Morgan fingerprint density at radius 3 is 2.21 bits per heavy atom. The Bertz CT molecular complexity index is 335. The number of aliphatic hydroxyl groups excluding tert-OH is 1. The molecule has 0 heterocycles. The maximum Gasteiger partial charge on any atom is 0.119 e. The van der Waals surface area contributed by atoms with Crippen LogP contribution < -0.4 is 0 Å². The monoisotopic (exact) mass is 194 g/mol. The van der Waals surface area contributed by atoms with Gasteiger partial charge in [-0.2, -0.15) is 0 Å². The Balaban J connectivity index is 3.29.